The molecular formula is C22H25N3O5. The lowest BCUT2D eigenvalue weighted by Gasteiger charge is -2.13. The molecule has 0 radical (unpaired) electrons. The molecule has 158 valence electrons. The molecule has 3 rings (SSSR count). The van der Waals surface area contributed by atoms with E-state index in [1.165, 1.54) is 4.90 Å². The summed E-state index contributed by atoms with van der Waals surface area (Å²) in [7, 11) is 3.17. The predicted molar refractivity (Wildman–Crippen MR) is 112 cm³/mol. The first-order valence-electron chi connectivity index (χ1n) is 9.69. The van der Waals surface area contributed by atoms with Crippen LogP contribution in [0, 0.1) is 0 Å². The Bertz CT molecular complexity index is 896. The molecule has 4 amide bonds. The van der Waals surface area contributed by atoms with Gasteiger partial charge >= 0.3 is 6.03 Å². The molecule has 2 aromatic carbocycles. The third kappa shape index (κ3) is 5.28. The minimum atomic E-state index is -0.685. The van der Waals surface area contributed by atoms with Crippen LogP contribution in [-0.4, -0.2) is 49.6 Å². The lowest BCUT2D eigenvalue weighted by atomic mass is 10.1. The molecule has 0 bridgehead atoms. The summed E-state index contributed by atoms with van der Waals surface area (Å²) in [5.41, 5.74) is 1.64. The number of nitrogens with zero attached hydrogens (tertiary/aromatic N) is 1. The Morgan fingerprint density at radius 3 is 2.20 bits per heavy atom. The van der Waals surface area contributed by atoms with Crippen molar-refractivity contribution in [3.8, 4) is 11.5 Å². The molecule has 1 aliphatic heterocycles. The van der Waals surface area contributed by atoms with Crippen LogP contribution in [0.3, 0.4) is 0 Å². The number of hydrogen-bond acceptors (Lipinski definition) is 5. The zero-order valence-electron chi connectivity index (χ0n) is 17.0. The zero-order valence-corrected chi connectivity index (χ0v) is 17.0. The number of ether oxygens (including phenoxy) is 2. The Morgan fingerprint density at radius 2 is 1.60 bits per heavy atom. The lowest BCUT2D eigenvalue weighted by molar-refractivity contribution is -0.127. The lowest BCUT2D eigenvalue weighted by Crippen LogP contribution is -2.33. The second-order valence-electron chi connectivity index (χ2n) is 6.91. The standard InChI is InChI=1S/C22H25N3O5/c1-29-17-7-3-15(4-8-17)13-14-25-21(27)19(24-22(25)28)11-12-20(26)23-16-5-9-18(30-2)10-6-16/h3-10,19H,11-14H2,1-2H3,(H,23,26)(H,24,28)/t19-/m0/s1. The van der Waals surface area contributed by atoms with Crippen LogP contribution in [0.4, 0.5) is 10.5 Å². The van der Waals surface area contributed by atoms with Gasteiger partial charge in [0.25, 0.3) is 5.91 Å². The quantitative estimate of drug-likeness (QED) is 0.618. The monoisotopic (exact) mass is 411 g/mol. The summed E-state index contributed by atoms with van der Waals surface area (Å²) in [5.74, 6) is 0.924. The molecule has 2 aromatic rings. The summed E-state index contributed by atoms with van der Waals surface area (Å²) in [4.78, 5) is 38.1. The van der Waals surface area contributed by atoms with Gasteiger partial charge in [0, 0.05) is 18.7 Å². The van der Waals surface area contributed by atoms with Gasteiger partial charge in [-0.05, 0) is 54.8 Å². The molecule has 1 atom stereocenters. The van der Waals surface area contributed by atoms with Gasteiger partial charge in [-0.1, -0.05) is 12.1 Å². The maximum Gasteiger partial charge on any atom is 0.324 e. The Hall–Kier alpha value is -3.55. The highest BCUT2D eigenvalue weighted by atomic mass is 16.5. The number of imide groups is 1. The fourth-order valence-corrected chi connectivity index (χ4v) is 3.19. The summed E-state index contributed by atoms with van der Waals surface area (Å²) in [6, 6.07) is 13.3. The number of carbonyl (C=O) groups excluding carboxylic acids is 3. The van der Waals surface area contributed by atoms with Crippen molar-refractivity contribution >= 4 is 23.5 Å². The summed E-state index contributed by atoms with van der Waals surface area (Å²) >= 11 is 0. The number of amides is 4. The number of benzene rings is 2. The second-order valence-corrected chi connectivity index (χ2v) is 6.91. The fraction of sp³-hybridized carbons (Fsp3) is 0.318. The third-order valence-corrected chi connectivity index (χ3v) is 4.92. The van der Waals surface area contributed by atoms with Crippen LogP contribution in [0.5, 0.6) is 11.5 Å². The molecule has 0 saturated carbocycles. The number of nitrogens with one attached hydrogen (secondary N) is 2. The second kappa shape index (κ2) is 9.78. The first-order valence-corrected chi connectivity index (χ1v) is 9.69. The molecule has 0 aromatic heterocycles. The van der Waals surface area contributed by atoms with Gasteiger partial charge in [0.1, 0.15) is 17.5 Å². The average Bonchev–Trinajstić information content (AvgIpc) is 3.04. The number of hydrogen-bond donors (Lipinski definition) is 2. The molecule has 8 heteroatoms. The predicted octanol–water partition coefficient (Wildman–Crippen LogP) is 2.59. The van der Waals surface area contributed by atoms with E-state index < -0.39 is 12.1 Å². The van der Waals surface area contributed by atoms with E-state index >= 15 is 0 Å². The average molecular weight is 411 g/mol. The third-order valence-electron chi connectivity index (χ3n) is 4.92. The van der Waals surface area contributed by atoms with Crippen LogP contribution < -0.4 is 20.1 Å². The maximum atomic E-state index is 12.6. The molecular weight excluding hydrogens is 386 g/mol. The van der Waals surface area contributed by atoms with Crippen molar-refractivity contribution < 1.29 is 23.9 Å². The van der Waals surface area contributed by atoms with Crippen LogP contribution in [-0.2, 0) is 16.0 Å². The first kappa shape index (κ1) is 21.2. The number of carbonyl (C=O) groups is 3. The van der Waals surface area contributed by atoms with E-state index in [-0.39, 0.29) is 31.2 Å². The van der Waals surface area contributed by atoms with Gasteiger partial charge in [-0.25, -0.2) is 4.79 Å². The molecule has 1 heterocycles. The van der Waals surface area contributed by atoms with Gasteiger partial charge in [-0.15, -0.1) is 0 Å². The van der Waals surface area contributed by atoms with Crippen molar-refractivity contribution in [3.63, 3.8) is 0 Å². The smallest absolute Gasteiger partial charge is 0.324 e. The van der Waals surface area contributed by atoms with Crippen molar-refractivity contribution in [1.29, 1.82) is 0 Å². The zero-order chi connectivity index (χ0) is 21.5. The topological polar surface area (TPSA) is 97.0 Å². The van der Waals surface area contributed by atoms with Crippen molar-refractivity contribution in [3.05, 3.63) is 54.1 Å². The number of rotatable bonds is 9. The Labute approximate surface area is 175 Å². The van der Waals surface area contributed by atoms with Crippen molar-refractivity contribution in [2.24, 2.45) is 0 Å². The normalized spacial score (nSPS) is 15.7. The molecule has 1 fully saturated rings. The van der Waals surface area contributed by atoms with Crippen molar-refractivity contribution in [2.45, 2.75) is 25.3 Å². The highest BCUT2D eigenvalue weighted by molar-refractivity contribution is 6.04. The van der Waals surface area contributed by atoms with Crippen LogP contribution in [0.2, 0.25) is 0 Å². The van der Waals surface area contributed by atoms with Gasteiger partial charge in [-0.2, -0.15) is 0 Å². The molecule has 2 N–H and O–H groups in total. The van der Waals surface area contributed by atoms with Crippen molar-refractivity contribution in [2.75, 3.05) is 26.1 Å². The number of urea groups is 1. The van der Waals surface area contributed by atoms with Gasteiger partial charge in [0.15, 0.2) is 0 Å². The Morgan fingerprint density at radius 1 is 1.00 bits per heavy atom. The number of anilines is 1. The number of methoxy groups -OCH3 is 2. The van der Waals surface area contributed by atoms with Gasteiger partial charge in [0.05, 0.1) is 14.2 Å². The van der Waals surface area contributed by atoms with Crippen LogP contribution >= 0.6 is 0 Å². The first-order chi connectivity index (χ1) is 14.5. The summed E-state index contributed by atoms with van der Waals surface area (Å²) in [6.45, 7) is 0.283. The van der Waals surface area contributed by atoms with E-state index in [1.54, 1.807) is 38.5 Å². The molecule has 0 spiro atoms. The van der Waals surface area contributed by atoms with E-state index in [4.69, 9.17) is 9.47 Å². The SMILES string of the molecule is COc1ccc(CCN2C(=O)N[C@@H](CCC(=O)Nc3ccc(OC)cc3)C2=O)cc1. The van der Waals surface area contributed by atoms with Crippen LogP contribution in [0.15, 0.2) is 48.5 Å². The van der Waals surface area contributed by atoms with Gasteiger partial charge in [-0.3, -0.25) is 14.5 Å². The molecule has 8 nitrogen and oxygen atoms in total. The highest BCUT2D eigenvalue weighted by Gasteiger charge is 2.37. The molecule has 0 unspecified atom stereocenters. The molecule has 1 saturated heterocycles. The molecule has 0 aliphatic carbocycles. The van der Waals surface area contributed by atoms with Crippen molar-refractivity contribution in [1.82, 2.24) is 10.2 Å². The summed E-state index contributed by atoms with van der Waals surface area (Å²) in [5, 5.41) is 5.43. The largest absolute Gasteiger partial charge is 0.497 e. The fourth-order valence-electron chi connectivity index (χ4n) is 3.19. The van der Waals surface area contributed by atoms with Crippen LogP contribution in [0.25, 0.3) is 0 Å². The van der Waals surface area contributed by atoms with Gasteiger partial charge in [0.2, 0.25) is 5.91 Å². The molecule has 1 aliphatic rings. The van der Waals surface area contributed by atoms with E-state index in [0.29, 0.717) is 17.9 Å². The van der Waals surface area contributed by atoms with E-state index in [1.807, 2.05) is 24.3 Å². The van der Waals surface area contributed by atoms with Gasteiger partial charge < -0.3 is 20.1 Å². The highest BCUT2D eigenvalue weighted by Crippen LogP contribution is 2.17. The minimum absolute atomic E-state index is 0.120. The summed E-state index contributed by atoms with van der Waals surface area (Å²) in [6.07, 6.45) is 0.911. The van der Waals surface area contributed by atoms with E-state index in [9.17, 15) is 14.4 Å². The minimum Gasteiger partial charge on any atom is -0.497 e. The van der Waals surface area contributed by atoms with E-state index in [0.717, 1.165) is 11.3 Å². The Kier molecular flexibility index (Phi) is 6.90. The summed E-state index contributed by atoms with van der Waals surface area (Å²) < 4.78 is 10.2. The maximum absolute atomic E-state index is 12.6. The Balaban J connectivity index is 1.46. The molecule has 30 heavy (non-hydrogen) atoms. The van der Waals surface area contributed by atoms with Crippen LogP contribution in [0.1, 0.15) is 18.4 Å². The van der Waals surface area contributed by atoms with E-state index in [2.05, 4.69) is 10.6 Å².